The SMILES string of the molecule is CCCOc1cc([C@H]2Oc3cc(O)cc(O)c3C[C@H]2O)ccc1O. The average molecular weight is 332 g/mol. The van der Waals surface area contributed by atoms with Crippen molar-refractivity contribution in [2.45, 2.75) is 32.0 Å². The van der Waals surface area contributed by atoms with Gasteiger partial charge in [0.05, 0.1) is 12.7 Å². The molecule has 2 aromatic rings. The van der Waals surface area contributed by atoms with E-state index < -0.39 is 12.2 Å². The van der Waals surface area contributed by atoms with Gasteiger partial charge in [0.15, 0.2) is 11.5 Å². The van der Waals surface area contributed by atoms with Crippen molar-refractivity contribution in [1.82, 2.24) is 0 Å². The first kappa shape index (κ1) is 16.3. The minimum atomic E-state index is -0.878. The van der Waals surface area contributed by atoms with Crippen molar-refractivity contribution >= 4 is 0 Å². The van der Waals surface area contributed by atoms with Gasteiger partial charge in [-0.2, -0.15) is 0 Å². The van der Waals surface area contributed by atoms with E-state index in [9.17, 15) is 20.4 Å². The Labute approximate surface area is 139 Å². The summed E-state index contributed by atoms with van der Waals surface area (Å²) in [6.07, 6.45) is -0.573. The minimum Gasteiger partial charge on any atom is -0.508 e. The van der Waals surface area contributed by atoms with Crippen LogP contribution in [0, 0.1) is 0 Å². The zero-order chi connectivity index (χ0) is 17.3. The molecule has 1 aliphatic rings. The predicted octanol–water partition coefficient (Wildman–Crippen LogP) is 2.63. The van der Waals surface area contributed by atoms with Gasteiger partial charge in [0.25, 0.3) is 0 Å². The summed E-state index contributed by atoms with van der Waals surface area (Å²) >= 11 is 0. The van der Waals surface area contributed by atoms with Crippen molar-refractivity contribution in [3.63, 3.8) is 0 Å². The standard InChI is InChI=1S/C18H20O6/c1-2-5-23-17-6-10(3-4-13(17)20)18-15(22)9-12-14(21)7-11(19)8-16(12)24-18/h3-4,6-8,15,18-22H,2,5,9H2,1H3/t15-,18-/m1/s1. The molecule has 0 aromatic heterocycles. The molecule has 128 valence electrons. The number of hydrogen-bond acceptors (Lipinski definition) is 6. The fourth-order valence-electron chi connectivity index (χ4n) is 2.78. The quantitative estimate of drug-likeness (QED) is 0.687. The lowest BCUT2D eigenvalue weighted by molar-refractivity contribution is 0.0196. The van der Waals surface area contributed by atoms with Crippen LogP contribution in [0.25, 0.3) is 0 Å². The van der Waals surface area contributed by atoms with E-state index in [0.717, 1.165) is 6.42 Å². The van der Waals surface area contributed by atoms with Crippen molar-refractivity contribution in [2.75, 3.05) is 6.61 Å². The fraction of sp³-hybridized carbons (Fsp3) is 0.333. The number of fused-ring (bicyclic) bond motifs is 1. The van der Waals surface area contributed by atoms with Gasteiger partial charge < -0.3 is 29.9 Å². The second kappa shape index (κ2) is 6.49. The summed E-state index contributed by atoms with van der Waals surface area (Å²) in [5, 5.41) is 39.8. The molecule has 0 bridgehead atoms. The molecule has 6 heteroatoms. The molecule has 2 aromatic carbocycles. The molecule has 24 heavy (non-hydrogen) atoms. The number of phenols is 3. The molecule has 0 saturated heterocycles. The highest BCUT2D eigenvalue weighted by atomic mass is 16.5. The summed E-state index contributed by atoms with van der Waals surface area (Å²) in [5.41, 5.74) is 1.10. The second-order valence-corrected chi connectivity index (χ2v) is 5.83. The van der Waals surface area contributed by atoms with E-state index in [1.54, 1.807) is 12.1 Å². The maximum Gasteiger partial charge on any atom is 0.161 e. The minimum absolute atomic E-state index is 0.0215. The van der Waals surface area contributed by atoms with E-state index in [-0.39, 0.29) is 23.7 Å². The Hall–Kier alpha value is -2.60. The van der Waals surface area contributed by atoms with Gasteiger partial charge >= 0.3 is 0 Å². The molecule has 0 fully saturated rings. The molecular formula is C18H20O6. The van der Waals surface area contributed by atoms with Crippen molar-refractivity contribution in [1.29, 1.82) is 0 Å². The molecular weight excluding hydrogens is 312 g/mol. The lowest BCUT2D eigenvalue weighted by Gasteiger charge is -2.31. The van der Waals surface area contributed by atoms with Crippen LogP contribution in [0.2, 0.25) is 0 Å². The first-order valence-corrected chi connectivity index (χ1v) is 7.85. The predicted molar refractivity (Wildman–Crippen MR) is 86.7 cm³/mol. The molecule has 0 unspecified atom stereocenters. The van der Waals surface area contributed by atoms with Crippen LogP contribution in [0.5, 0.6) is 28.7 Å². The molecule has 0 radical (unpaired) electrons. The number of hydrogen-bond donors (Lipinski definition) is 4. The van der Waals surface area contributed by atoms with Crippen LogP contribution in [-0.2, 0) is 6.42 Å². The van der Waals surface area contributed by atoms with Gasteiger partial charge in [0.1, 0.15) is 23.4 Å². The van der Waals surface area contributed by atoms with Gasteiger partial charge in [-0.15, -0.1) is 0 Å². The summed E-state index contributed by atoms with van der Waals surface area (Å²) in [7, 11) is 0. The van der Waals surface area contributed by atoms with Crippen LogP contribution >= 0.6 is 0 Å². The Kier molecular flexibility index (Phi) is 4.40. The molecule has 2 atom stereocenters. The Morgan fingerprint density at radius 1 is 1.12 bits per heavy atom. The van der Waals surface area contributed by atoms with Gasteiger partial charge in [-0.25, -0.2) is 0 Å². The van der Waals surface area contributed by atoms with E-state index in [0.29, 0.717) is 29.2 Å². The number of aromatic hydroxyl groups is 3. The molecule has 0 aliphatic carbocycles. The summed E-state index contributed by atoms with van der Waals surface area (Å²) in [6.45, 7) is 2.43. The molecule has 1 aliphatic heterocycles. The van der Waals surface area contributed by atoms with Gasteiger partial charge in [-0.05, 0) is 24.1 Å². The Bertz CT molecular complexity index is 743. The van der Waals surface area contributed by atoms with Crippen LogP contribution in [0.1, 0.15) is 30.6 Å². The highest BCUT2D eigenvalue weighted by molar-refractivity contribution is 5.52. The maximum atomic E-state index is 10.4. The van der Waals surface area contributed by atoms with E-state index in [1.807, 2.05) is 6.92 Å². The van der Waals surface area contributed by atoms with Gasteiger partial charge in [0.2, 0.25) is 0 Å². The summed E-state index contributed by atoms with van der Waals surface area (Å²) in [5.74, 6) is 0.453. The van der Waals surface area contributed by atoms with Crippen LogP contribution in [0.15, 0.2) is 30.3 Å². The summed E-state index contributed by atoms with van der Waals surface area (Å²) in [4.78, 5) is 0. The van der Waals surface area contributed by atoms with E-state index in [1.165, 1.54) is 18.2 Å². The zero-order valence-electron chi connectivity index (χ0n) is 13.3. The van der Waals surface area contributed by atoms with Crippen LogP contribution < -0.4 is 9.47 Å². The van der Waals surface area contributed by atoms with E-state index in [4.69, 9.17) is 9.47 Å². The molecule has 4 N–H and O–H groups in total. The third-order valence-corrected chi connectivity index (χ3v) is 3.96. The highest BCUT2D eigenvalue weighted by Crippen LogP contribution is 2.42. The molecule has 3 rings (SSSR count). The van der Waals surface area contributed by atoms with Gasteiger partial charge in [-0.3, -0.25) is 0 Å². The first-order chi connectivity index (χ1) is 11.5. The molecule has 1 heterocycles. The molecule has 6 nitrogen and oxygen atoms in total. The smallest absolute Gasteiger partial charge is 0.161 e. The van der Waals surface area contributed by atoms with Gasteiger partial charge in [-0.1, -0.05) is 13.0 Å². The first-order valence-electron chi connectivity index (χ1n) is 7.85. The zero-order valence-corrected chi connectivity index (χ0v) is 13.3. The lowest BCUT2D eigenvalue weighted by Crippen LogP contribution is -2.30. The topological polar surface area (TPSA) is 99.4 Å². The fourth-order valence-corrected chi connectivity index (χ4v) is 2.78. The number of phenolic OH excluding ortho intramolecular Hbond substituents is 3. The average Bonchev–Trinajstić information content (AvgIpc) is 2.54. The van der Waals surface area contributed by atoms with E-state index >= 15 is 0 Å². The molecule has 0 amide bonds. The lowest BCUT2D eigenvalue weighted by atomic mass is 9.94. The Balaban J connectivity index is 1.92. The highest BCUT2D eigenvalue weighted by Gasteiger charge is 2.32. The molecule has 0 spiro atoms. The number of aliphatic hydroxyl groups excluding tert-OH is 1. The number of rotatable bonds is 4. The summed E-state index contributed by atoms with van der Waals surface area (Å²) in [6, 6.07) is 7.39. The van der Waals surface area contributed by atoms with Crippen LogP contribution in [0.4, 0.5) is 0 Å². The molecule has 0 saturated carbocycles. The number of ether oxygens (including phenoxy) is 2. The van der Waals surface area contributed by atoms with E-state index in [2.05, 4.69) is 0 Å². The number of aliphatic hydroxyl groups is 1. The van der Waals surface area contributed by atoms with Gasteiger partial charge in [0, 0.05) is 24.1 Å². The monoisotopic (exact) mass is 332 g/mol. The van der Waals surface area contributed by atoms with Crippen molar-refractivity contribution < 1.29 is 29.9 Å². The largest absolute Gasteiger partial charge is 0.508 e. The number of benzene rings is 2. The van der Waals surface area contributed by atoms with Crippen molar-refractivity contribution in [2.24, 2.45) is 0 Å². The van der Waals surface area contributed by atoms with Crippen LogP contribution in [0.3, 0.4) is 0 Å². The maximum absolute atomic E-state index is 10.4. The third kappa shape index (κ3) is 3.05. The third-order valence-electron chi connectivity index (χ3n) is 3.96. The van der Waals surface area contributed by atoms with Crippen molar-refractivity contribution in [3.8, 4) is 28.7 Å². The Morgan fingerprint density at radius 2 is 1.92 bits per heavy atom. The normalized spacial score (nSPS) is 19.4. The second-order valence-electron chi connectivity index (χ2n) is 5.83. The summed E-state index contributed by atoms with van der Waals surface area (Å²) < 4.78 is 11.3. The van der Waals surface area contributed by atoms with Crippen molar-refractivity contribution in [3.05, 3.63) is 41.5 Å². The van der Waals surface area contributed by atoms with Crippen LogP contribution in [-0.4, -0.2) is 33.1 Å². The Morgan fingerprint density at radius 3 is 2.67 bits per heavy atom.